The third-order valence-corrected chi connectivity index (χ3v) is 3.09. The van der Waals surface area contributed by atoms with E-state index in [0.717, 1.165) is 12.8 Å². The lowest BCUT2D eigenvalue weighted by Crippen LogP contribution is -2.52. The van der Waals surface area contributed by atoms with Gasteiger partial charge in [0.05, 0.1) is 0 Å². The molecule has 0 aromatic carbocycles. The molecule has 0 fully saturated rings. The second kappa shape index (κ2) is 7.24. The van der Waals surface area contributed by atoms with Gasteiger partial charge in [0, 0.05) is 6.54 Å². The van der Waals surface area contributed by atoms with E-state index < -0.39 is 23.5 Å². The predicted molar refractivity (Wildman–Crippen MR) is 71.5 cm³/mol. The van der Waals surface area contributed by atoms with Crippen molar-refractivity contribution < 1.29 is 14.7 Å². The Morgan fingerprint density at radius 1 is 1.17 bits per heavy atom. The molecule has 0 aromatic rings. The minimum absolute atomic E-state index is 0.413. The summed E-state index contributed by atoms with van der Waals surface area (Å²) in [7, 11) is 0. The number of carbonyl (C=O) groups excluding carboxylic acids is 1. The molecule has 0 aliphatic carbocycles. The minimum Gasteiger partial charge on any atom is -0.480 e. The summed E-state index contributed by atoms with van der Waals surface area (Å²) < 4.78 is 0. The smallest absolute Gasteiger partial charge is 0.326 e. The molecule has 0 radical (unpaired) electrons. The van der Waals surface area contributed by atoms with Crippen molar-refractivity contribution in [3.63, 3.8) is 0 Å². The molecule has 3 N–H and O–H groups in total. The number of amides is 2. The molecule has 0 aliphatic rings. The molecule has 18 heavy (non-hydrogen) atoms. The number of carbonyl (C=O) groups is 2. The Morgan fingerprint density at radius 3 is 2.00 bits per heavy atom. The molecule has 1 atom stereocenters. The first-order chi connectivity index (χ1) is 8.22. The molecule has 0 bridgehead atoms. The summed E-state index contributed by atoms with van der Waals surface area (Å²) in [5.41, 5.74) is -0.516. The van der Waals surface area contributed by atoms with Crippen LogP contribution in [0.5, 0.6) is 0 Å². The van der Waals surface area contributed by atoms with Gasteiger partial charge in [-0.1, -0.05) is 47.5 Å². The van der Waals surface area contributed by atoms with Crippen LogP contribution in [0.3, 0.4) is 0 Å². The lowest BCUT2D eigenvalue weighted by atomic mass is 9.87. The number of hydrogen-bond donors (Lipinski definition) is 3. The summed E-state index contributed by atoms with van der Waals surface area (Å²) in [4.78, 5) is 22.7. The Labute approximate surface area is 109 Å². The molecule has 0 spiro atoms. The molecule has 5 nitrogen and oxygen atoms in total. The highest BCUT2D eigenvalue weighted by atomic mass is 16.4. The average Bonchev–Trinajstić information content (AvgIpc) is 2.25. The number of hydrogen-bond acceptors (Lipinski definition) is 2. The third kappa shape index (κ3) is 5.89. The SMILES string of the molecule is CCC(CC)CNC(=O)N[C@@H](C(=O)O)C(C)(C)C. The zero-order chi connectivity index (χ0) is 14.3. The van der Waals surface area contributed by atoms with Crippen LogP contribution in [0.2, 0.25) is 0 Å². The van der Waals surface area contributed by atoms with Crippen molar-refractivity contribution in [2.24, 2.45) is 11.3 Å². The molecule has 0 aliphatic heterocycles. The molecule has 0 heterocycles. The van der Waals surface area contributed by atoms with E-state index in [-0.39, 0.29) is 0 Å². The fourth-order valence-electron chi connectivity index (χ4n) is 1.65. The van der Waals surface area contributed by atoms with Gasteiger partial charge in [0.2, 0.25) is 0 Å². The fraction of sp³-hybridized carbons (Fsp3) is 0.846. The molecule has 5 heteroatoms. The van der Waals surface area contributed by atoms with E-state index in [4.69, 9.17) is 5.11 Å². The van der Waals surface area contributed by atoms with E-state index in [9.17, 15) is 9.59 Å². The summed E-state index contributed by atoms with van der Waals surface area (Å²) in [6, 6.07) is -1.30. The van der Waals surface area contributed by atoms with Crippen molar-refractivity contribution in [3.8, 4) is 0 Å². The summed E-state index contributed by atoms with van der Waals surface area (Å²) in [6.45, 7) is 10.1. The maximum Gasteiger partial charge on any atom is 0.326 e. The van der Waals surface area contributed by atoms with Gasteiger partial charge >= 0.3 is 12.0 Å². The van der Waals surface area contributed by atoms with Gasteiger partial charge < -0.3 is 15.7 Å². The number of nitrogens with one attached hydrogen (secondary N) is 2. The van der Waals surface area contributed by atoms with E-state index in [1.54, 1.807) is 20.8 Å². The van der Waals surface area contributed by atoms with Gasteiger partial charge in [0.15, 0.2) is 0 Å². The molecular formula is C13H26N2O3. The molecule has 2 amide bonds. The van der Waals surface area contributed by atoms with Gasteiger partial charge in [0.25, 0.3) is 0 Å². The maximum absolute atomic E-state index is 11.7. The Hall–Kier alpha value is -1.26. The van der Waals surface area contributed by atoms with Crippen LogP contribution in [0.1, 0.15) is 47.5 Å². The van der Waals surface area contributed by atoms with E-state index in [0.29, 0.717) is 12.5 Å². The lowest BCUT2D eigenvalue weighted by Gasteiger charge is -2.28. The molecule has 106 valence electrons. The Morgan fingerprint density at radius 2 is 1.67 bits per heavy atom. The molecular weight excluding hydrogens is 232 g/mol. The summed E-state index contributed by atoms with van der Waals surface area (Å²) in [5.74, 6) is -0.575. The average molecular weight is 258 g/mol. The van der Waals surface area contributed by atoms with E-state index >= 15 is 0 Å². The van der Waals surface area contributed by atoms with Crippen LogP contribution in [0.15, 0.2) is 0 Å². The van der Waals surface area contributed by atoms with Gasteiger partial charge in [-0.25, -0.2) is 9.59 Å². The normalized spacial score (nSPS) is 13.2. The molecule has 0 unspecified atom stereocenters. The molecule has 0 saturated carbocycles. The first kappa shape index (κ1) is 16.7. The summed E-state index contributed by atoms with van der Waals surface area (Å²) >= 11 is 0. The van der Waals surface area contributed by atoms with Crippen molar-refractivity contribution in [3.05, 3.63) is 0 Å². The second-order valence-electron chi connectivity index (χ2n) is 5.67. The second-order valence-corrected chi connectivity index (χ2v) is 5.67. The monoisotopic (exact) mass is 258 g/mol. The van der Waals surface area contributed by atoms with Crippen molar-refractivity contribution >= 4 is 12.0 Å². The fourth-order valence-corrected chi connectivity index (χ4v) is 1.65. The predicted octanol–water partition coefficient (Wildman–Crippen LogP) is 2.22. The largest absolute Gasteiger partial charge is 0.480 e. The zero-order valence-corrected chi connectivity index (χ0v) is 12.0. The number of urea groups is 1. The zero-order valence-electron chi connectivity index (χ0n) is 12.0. The van der Waals surface area contributed by atoms with Gasteiger partial charge in [-0.2, -0.15) is 0 Å². The standard InChI is InChI=1S/C13H26N2O3/c1-6-9(7-2)8-14-12(18)15-10(11(16)17)13(3,4)5/h9-10H,6-8H2,1-5H3,(H,16,17)(H2,14,15,18)/t10-/m0/s1. The lowest BCUT2D eigenvalue weighted by molar-refractivity contribution is -0.141. The van der Waals surface area contributed by atoms with Crippen LogP contribution in [0.25, 0.3) is 0 Å². The Balaban J connectivity index is 4.32. The molecule has 0 rings (SSSR count). The Kier molecular flexibility index (Phi) is 6.73. The Bertz CT molecular complexity index is 280. The highest BCUT2D eigenvalue weighted by Crippen LogP contribution is 2.19. The minimum atomic E-state index is -1.01. The van der Waals surface area contributed by atoms with Gasteiger partial charge in [-0.15, -0.1) is 0 Å². The number of carboxylic acids is 1. The first-order valence-electron chi connectivity index (χ1n) is 6.49. The van der Waals surface area contributed by atoms with E-state index in [1.165, 1.54) is 0 Å². The van der Waals surface area contributed by atoms with Crippen LogP contribution in [-0.2, 0) is 4.79 Å². The van der Waals surface area contributed by atoms with E-state index in [2.05, 4.69) is 24.5 Å². The maximum atomic E-state index is 11.7. The van der Waals surface area contributed by atoms with Gasteiger partial charge in [-0.3, -0.25) is 0 Å². The molecule has 0 saturated heterocycles. The van der Waals surface area contributed by atoms with Gasteiger partial charge in [0.1, 0.15) is 6.04 Å². The first-order valence-corrected chi connectivity index (χ1v) is 6.49. The van der Waals surface area contributed by atoms with Crippen molar-refractivity contribution in [2.75, 3.05) is 6.54 Å². The highest BCUT2D eigenvalue weighted by Gasteiger charge is 2.32. The van der Waals surface area contributed by atoms with Crippen molar-refractivity contribution in [1.82, 2.24) is 10.6 Å². The third-order valence-electron chi connectivity index (χ3n) is 3.09. The van der Waals surface area contributed by atoms with E-state index in [1.807, 2.05) is 0 Å². The quantitative estimate of drug-likeness (QED) is 0.683. The number of carboxylic acid groups (broad SMARTS) is 1. The molecule has 0 aromatic heterocycles. The van der Waals surface area contributed by atoms with Crippen molar-refractivity contribution in [1.29, 1.82) is 0 Å². The number of aliphatic carboxylic acids is 1. The van der Waals surface area contributed by atoms with Crippen LogP contribution in [0, 0.1) is 11.3 Å². The number of rotatable bonds is 6. The topological polar surface area (TPSA) is 78.4 Å². The van der Waals surface area contributed by atoms with Gasteiger partial charge in [-0.05, 0) is 11.3 Å². The highest BCUT2D eigenvalue weighted by molar-refractivity contribution is 5.83. The van der Waals surface area contributed by atoms with Crippen LogP contribution in [-0.4, -0.2) is 29.7 Å². The summed E-state index contributed by atoms with van der Waals surface area (Å²) in [5, 5.41) is 14.3. The van der Waals surface area contributed by atoms with Crippen molar-refractivity contribution in [2.45, 2.75) is 53.5 Å². The van der Waals surface area contributed by atoms with Crippen LogP contribution in [0.4, 0.5) is 4.79 Å². The van der Waals surface area contributed by atoms with Crippen LogP contribution >= 0.6 is 0 Å². The van der Waals surface area contributed by atoms with Crippen LogP contribution < -0.4 is 10.6 Å². The summed E-state index contributed by atoms with van der Waals surface area (Å²) in [6.07, 6.45) is 2.00.